The van der Waals surface area contributed by atoms with E-state index in [0.29, 0.717) is 11.8 Å². The number of rotatable bonds is 5. The number of carbonyl (C=O) groups excluding carboxylic acids is 1. The molecule has 0 spiro atoms. The summed E-state index contributed by atoms with van der Waals surface area (Å²) in [6.07, 6.45) is 7.96. The third kappa shape index (κ3) is 5.11. The summed E-state index contributed by atoms with van der Waals surface area (Å²) in [5, 5.41) is 0. The molecule has 0 unspecified atom stereocenters. The lowest BCUT2D eigenvalue weighted by Gasteiger charge is -2.35. The summed E-state index contributed by atoms with van der Waals surface area (Å²) in [5.74, 6) is 1.30. The van der Waals surface area contributed by atoms with E-state index in [1.807, 2.05) is 0 Å². The van der Waals surface area contributed by atoms with Crippen LogP contribution in [0.25, 0.3) is 0 Å². The molecule has 4 rings (SSSR count). The van der Waals surface area contributed by atoms with Crippen LogP contribution < -0.4 is 0 Å². The molecule has 0 aromatic heterocycles. The van der Waals surface area contributed by atoms with Crippen molar-refractivity contribution in [1.82, 2.24) is 9.80 Å². The van der Waals surface area contributed by atoms with Gasteiger partial charge in [0, 0.05) is 38.8 Å². The predicted octanol–water partition coefficient (Wildman–Crippen LogP) is 3.49. The quantitative estimate of drug-likeness (QED) is 0.795. The first-order chi connectivity index (χ1) is 13.3. The van der Waals surface area contributed by atoms with Crippen molar-refractivity contribution in [3.8, 4) is 0 Å². The Kier molecular flexibility index (Phi) is 6.46. The van der Waals surface area contributed by atoms with E-state index < -0.39 is 0 Å². The number of benzene rings is 1. The summed E-state index contributed by atoms with van der Waals surface area (Å²) in [7, 11) is 0. The van der Waals surface area contributed by atoms with Crippen molar-refractivity contribution >= 4 is 5.91 Å². The number of amides is 1. The number of carbonyl (C=O) groups is 1. The maximum atomic E-state index is 12.7. The predicted molar refractivity (Wildman–Crippen MR) is 108 cm³/mol. The molecular formula is C23H34N2O2. The number of ether oxygens (including phenoxy) is 1. The van der Waals surface area contributed by atoms with Gasteiger partial charge in [-0.25, -0.2) is 0 Å². The lowest BCUT2D eigenvalue weighted by molar-refractivity contribution is -0.139. The van der Waals surface area contributed by atoms with Crippen molar-refractivity contribution < 1.29 is 9.53 Å². The molecule has 148 valence electrons. The molecule has 0 atom stereocenters. The van der Waals surface area contributed by atoms with Crippen LogP contribution in [0.15, 0.2) is 24.3 Å². The third-order valence-electron chi connectivity index (χ3n) is 6.65. The molecule has 4 nitrogen and oxygen atoms in total. The van der Waals surface area contributed by atoms with Crippen LogP contribution in [-0.2, 0) is 22.5 Å². The van der Waals surface area contributed by atoms with E-state index in [1.54, 1.807) is 0 Å². The molecule has 1 amide bonds. The Bertz CT molecular complexity index is 595. The number of likely N-dealkylation sites (tertiary alicyclic amines) is 2. The summed E-state index contributed by atoms with van der Waals surface area (Å²) in [4.78, 5) is 17.3. The summed E-state index contributed by atoms with van der Waals surface area (Å²) in [6, 6.07) is 9.28. The maximum Gasteiger partial charge on any atom is 0.225 e. The van der Waals surface area contributed by atoms with Gasteiger partial charge in [0.15, 0.2) is 0 Å². The van der Waals surface area contributed by atoms with Crippen molar-refractivity contribution in [3.63, 3.8) is 0 Å². The summed E-state index contributed by atoms with van der Waals surface area (Å²) >= 11 is 0. The highest BCUT2D eigenvalue weighted by atomic mass is 16.5. The number of hydrogen-bond acceptors (Lipinski definition) is 3. The van der Waals surface area contributed by atoms with E-state index in [9.17, 15) is 4.79 Å². The minimum atomic E-state index is 0.207. The molecule has 0 saturated carbocycles. The molecule has 3 saturated heterocycles. The van der Waals surface area contributed by atoms with Gasteiger partial charge < -0.3 is 9.64 Å². The van der Waals surface area contributed by atoms with Gasteiger partial charge in [-0.1, -0.05) is 24.3 Å². The zero-order valence-corrected chi connectivity index (χ0v) is 16.6. The van der Waals surface area contributed by atoms with Crippen LogP contribution in [0.2, 0.25) is 0 Å². The average molecular weight is 371 g/mol. The van der Waals surface area contributed by atoms with Crippen molar-refractivity contribution in [3.05, 3.63) is 35.4 Å². The van der Waals surface area contributed by atoms with Crippen LogP contribution in [-0.4, -0.2) is 55.1 Å². The highest BCUT2D eigenvalue weighted by Gasteiger charge is 2.29. The smallest absolute Gasteiger partial charge is 0.225 e. The van der Waals surface area contributed by atoms with E-state index in [1.165, 1.54) is 37.1 Å². The second-order valence-electron chi connectivity index (χ2n) is 8.66. The van der Waals surface area contributed by atoms with Gasteiger partial charge in [0.2, 0.25) is 5.91 Å². The van der Waals surface area contributed by atoms with Gasteiger partial charge in [0.05, 0.1) is 0 Å². The van der Waals surface area contributed by atoms with E-state index in [-0.39, 0.29) is 5.92 Å². The highest BCUT2D eigenvalue weighted by Crippen LogP contribution is 2.25. The minimum Gasteiger partial charge on any atom is -0.381 e. The number of piperidine rings is 1. The van der Waals surface area contributed by atoms with Crippen LogP contribution in [0.4, 0.5) is 0 Å². The van der Waals surface area contributed by atoms with Crippen molar-refractivity contribution in [1.29, 1.82) is 0 Å². The highest BCUT2D eigenvalue weighted by molar-refractivity contribution is 5.79. The second-order valence-corrected chi connectivity index (χ2v) is 8.66. The fraction of sp³-hybridized carbons (Fsp3) is 0.696. The molecule has 3 fully saturated rings. The molecule has 3 heterocycles. The molecule has 3 aliphatic heterocycles. The maximum absolute atomic E-state index is 12.7. The van der Waals surface area contributed by atoms with Crippen LogP contribution in [0.3, 0.4) is 0 Å². The molecule has 1 aromatic carbocycles. The molecule has 1 aromatic rings. The molecule has 3 aliphatic rings. The zero-order chi connectivity index (χ0) is 18.5. The Morgan fingerprint density at radius 1 is 0.889 bits per heavy atom. The summed E-state index contributed by atoms with van der Waals surface area (Å²) in [5.41, 5.74) is 2.90. The first-order valence-corrected chi connectivity index (χ1v) is 10.9. The van der Waals surface area contributed by atoms with Crippen LogP contribution in [0.5, 0.6) is 0 Å². The molecule has 0 bridgehead atoms. The van der Waals surface area contributed by atoms with E-state index in [2.05, 4.69) is 34.1 Å². The monoisotopic (exact) mass is 370 g/mol. The van der Waals surface area contributed by atoms with Gasteiger partial charge in [-0.15, -0.1) is 0 Å². The van der Waals surface area contributed by atoms with Crippen LogP contribution >= 0.6 is 0 Å². The standard InChI is InChI=1S/C23H34N2O2/c26-23(22-9-15-27-16-10-22)25-13-7-20(8-14-25)17-19-3-5-21(6-4-19)18-24-11-1-2-12-24/h3-6,20,22H,1-2,7-18H2. The number of nitrogens with zero attached hydrogens (tertiary/aromatic N) is 2. The SMILES string of the molecule is O=C(C1CCOCC1)N1CCC(Cc2ccc(CN3CCCC3)cc2)CC1. The fourth-order valence-corrected chi connectivity index (χ4v) is 4.87. The van der Waals surface area contributed by atoms with Gasteiger partial charge in [-0.3, -0.25) is 9.69 Å². The molecule has 0 radical (unpaired) electrons. The first-order valence-electron chi connectivity index (χ1n) is 10.9. The van der Waals surface area contributed by atoms with Crippen molar-refractivity contribution in [2.75, 3.05) is 39.4 Å². The molecule has 0 aliphatic carbocycles. The second kappa shape index (κ2) is 9.20. The first kappa shape index (κ1) is 18.9. The molecule has 4 heteroatoms. The Morgan fingerprint density at radius 3 is 2.19 bits per heavy atom. The van der Waals surface area contributed by atoms with Crippen molar-refractivity contribution in [2.45, 2.75) is 51.5 Å². The van der Waals surface area contributed by atoms with Crippen molar-refractivity contribution in [2.24, 2.45) is 11.8 Å². The van der Waals surface area contributed by atoms with Gasteiger partial charge in [0.25, 0.3) is 0 Å². The van der Waals surface area contributed by atoms with Gasteiger partial charge >= 0.3 is 0 Å². The largest absolute Gasteiger partial charge is 0.381 e. The topological polar surface area (TPSA) is 32.8 Å². The van der Waals surface area contributed by atoms with Crippen LogP contribution in [0, 0.1) is 11.8 Å². The average Bonchev–Trinajstić information content (AvgIpc) is 3.23. The zero-order valence-electron chi connectivity index (χ0n) is 16.6. The van der Waals surface area contributed by atoms with E-state index >= 15 is 0 Å². The normalized spacial score (nSPS) is 23.0. The molecule has 27 heavy (non-hydrogen) atoms. The Balaban J connectivity index is 1.22. The fourth-order valence-electron chi connectivity index (χ4n) is 4.87. The van der Waals surface area contributed by atoms with Gasteiger partial charge in [-0.2, -0.15) is 0 Å². The molecule has 0 N–H and O–H groups in total. The molecular weight excluding hydrogens is 336 g/mol. The van der Waals surface area contributed by atoms with Gasteiger partial charge in [-0.05, 0) is 75.1 Å². The third-order valence-corrected chi connectivity index (χ3v) is 6.65. The Morgan fingerprint density at radius 2 is 1.52 bits per heavy atom. The van der Waals surface area contributed by atoms with E-state index in [0.717, 1.165) is 65.0 Å². The summed E-state index contributed by atoms with van der Waals surface area (Å²) < 4.78 is 5.39. The van der Waals surface area contributed by atoms with E-state index in [4.69, 9.17) is 4.74 Å². The minimum absolute atomic E-state index is 0.207. The van der Waals surface area contributed by atoms with Crippen LogP contribution in [0.1, 0.15) is 49.7 Å². The number of hydrogen-bond donors (Lipinski definition) is 0. The Hall–Kier alpha value is -1.39. The lowest BCUT2D eigenvalue weighted by atomic mass is 9.89. The lowest BCUT2D eigenvalue weighted by Crippen LogP contribution is -2.43. The Labute approximate surface area is 163 Å². The van der Waals surface area contributed by atoms with Gasteiger partial charge in [0.1, 0.15) is 0 Å². The summed E-state index contributed by atoms with van der Waals surface area (Å²) in [6.45, 7) is 7.00.